The molecule has 0 spiro atoms. The van der Waals surface area contributed by atoms with Gasteiger partial charge in [0.15, 0.2) is 0 Å². The van der Waals surface area contributed by atoms with Crippen LogP contribution in [0.25, 0.3) is 0 Å². The van der Waals surface area contributed by atoms with Crippen LogP contribution >= 0.6 is 0 Å². The number of hydrogen-bond donors (Lipinski definition) is 1. The Morgan fingerprint density at radius 3 is 2.38 bits per heavy atom. The number of rotatable bonds is 5. The van der Waals surface area contributed by atoms with Gasteiger partial charge in [-0.3, -0.25) is 4.68 Å². The lowest BCUT2D eigenvalue weighted by atomic mass is 10.1. The molecule has 0 radical (unpaired) electrons. The molecule has 0 amide bonds. The van der Waals surface area contributed by atoms with E-state index in [-0.39, 0.29) is 6.04 Å². The van der Waals surface area contributed by atoms with Crippen LogP contribution in [0.3, 0.4) is 0 Å². The predicted octanol–water partition coefficient (Wildman–Crippen LogP) is 3.33. The molecule has 0 aliphatic rings. The maximum Gasteiger partial charge on any atom is 0.416 e. The second kappa shape index (κ2) is 6.30. The summed E-state index contributed by atoms with van der Waals surface area (Å²) >= 11 is 0. The molecule has 0 bridgehead atoms. The van der Waals surface area contributed by atoms with E-state index in [4.69, 9.17) is 0 Å². The molecule has 6 heteroatoms. The summed E-state index contributed by atoms with van der Waals surface area (Å²) in [6, 6.07) is 7.21. The Labute approximate surface area is 121 Å². The number of nitrogens with one attached hydrogen (secondary N) is 1. The zero-order valence-corrected chi connectivity index (χ0v) is 12.0. The van der Waals surface area contributed by atoms with E-state index < -0.39 is 11.7 Å². The minimum Gasteiger partial charge on any atom is -0.310 e. The number of benzene rings is 1. The fraction of sp³-hybridized carbons (Fsp3) is 0.400. The van der Waals surface area contributed by atoms with Gasteiger partial charge in [0.1, 0.15) is 0 Å². The van der Waals surface area contributed by atoms with Crippen LogP contribution in [0.15, 0.2) is 36.5 Å². The van der Waals surface area contributed by atoms with E-state index in [1.807, 2.05) is 26.2 Å². The van der Waals surface area contributed by atoms with Gasteiger partial charge in [0.25, 0.3) is 0 Å². The smallest absolute Gasteiger partial charge is 0.310 e. The SMILES string of the molecule is CC(NCCc1ccn(C)n1)c1ccc(C(F)(F)F)cc1. The molecule has 3 nitrogen and oxygen atoms in total. The zero-order valence-electron chi connectivity index (χ0n) is 12.0. The molecule has 0 aliphatic carbocycles. The third-order valence-corrected chi connectivity index (χ3v) is 3.34. The van der Waals surface area contributed by atoms with E-state index in [2.05, 4.69) is 10.4 Å². The van der Waals surface area contributed by atoms with Gasteiger partial charge in [-0.1, -0.05) is 12.1 Å². The zero-order chi connectivity index (χ0) is 15.5. The third-order valence-electron chi connectivity index (χ3n) is 3.34. The number of alkyl halides is 3. The molecule has 0 fully saturated rings. The molecule has 21 heavy (non-hydrogen) atoms. The molecule has 114 valence electrons. The van der Waals surface area contributed by atoms with Crippen molar-refractivity contribution in [3.8, 4) is 0 Å². The maximum absolute atomic E-state index is 12.5. The highest BCUT2D eigenvalue weighted by Gasteiger charge is 2.30. The number of hydrogen-bond acceptors (Lipinski definition) is 2. The summed E-state index contributed by atoms with van der Waals surface area (Å²) < 4.78 is 39.2. The van der Waals surface area contributed by atoms with Gasteiger partial charge in [-0.15, -0.1) is 0 Å². The van der Waals surface area contributed by atoms with Crippen molar-refractivity contribution in [2.45, 2.75) is 25.6 Å². The molecule has 1 atom stereocenters. The normalized spacial score (nSPS) is 13.4. The van der Waals surface area contributed by atoms with E-state index in [1.165, 1.54) is 12.1 Å². The average molecular weight is 297 g/mol. The Bertz CT molecular complexity index is 573. The summed E-state index contributed by atoms with van der Waals surface area (Å²) in [7, 11) is 1.86. The molecular weight excluding hydrogens is 279 g/mol. The maximum atomic E-state index is 12.5. The molecule has 2 rings (SSSR count). The second-order valence-electron chi connectivity index (χ2n) is 5.03. The number of nitrogens with zero attached hydrogens (tertiary/aromatic N) is 2. The Morgan fingerprint density at radius 2 is 1.86 bits per heavy atom. The van der Waals surface area contributed by atoms with Gasteiger partial charge >= 0.3 is 6.18 Å². The number of aryl methyl sites for hydroxylation is 1. The summed E-state index contributed by atoms with van der Waals surface area (Å²) in [5.74, 6) is 0. The number of aromatic nitrogens is 2. The Kier molecular flexibility index (Phi) is 4.67. The van der Waals surface area contributed by atoms with Gasteiger partial charge < -0.3 is 5.32 Å². The standard InChI is InChI=1S/C15H18F3N3/c1-11(19-9-7-14-8-10-21(2)20-14)12-3-5-13(6-4-12)15(16,17)18/h3-6,8,10-11,19H,7,9H2,1-2H3. The van der Waals surface area contributed by atoms with Gasteiger partial charge in [0, 0.05) is 32.3 Å². The minimum atomic E-state index is -4.28. The van der Waals surface area contributed by atoms with Crippen molar-refractivity contribution in [1.82, 2.24) is 15.1 Å². The van der Waals surface area contributed by atoms with E-state index in [9.17, 15) is 13.2 Å². The van der Waals surface area contributed by atoms with E-state index >= 15 is 0 Å². The van der Waals surface area contributed by atoms with Crippen molar-refractivity contribution in [3.63, 3.8) is 0 Å². The minimum absolute atomic E-state index is 0.00371. The summed E-state index contributed by atoms with van der Waals surface area (Å²) in [5, 5.41) is 7.55. The fourth-order valence-corrected chi connectivity index (χ4v) is 2.09. The monoisotopic (exact) mass is 297 g/mol. The van der Waals surface area contributed by atoms with Crippen LogP contribution in [-0.4, -0.2) is 16.3 Å². The second-order valence-corrected chi connectivity index (χ2v) is 5.03. The topological polar surface area (TPSA) is 29.9 Å². The van der Waals surface area contributed by atoms with Gasteiger partial charge in [0.05, 0.1) is 11.3 Å². The van der Waals surface area contributed by atoms with Crippen LogP contribution in [0.4, 0.5) is 13.2 Å². The van der Waals surface area contributed by atoms with Crippen molar-refractivity contribution < 1.29 is 13.2 Å². The van der Waals surface area contributed by atoms with Gasteiger partial charge in [-0.05, 0) is 30.7 Å². The lowest BCUT2D eigenvalue weighted by Gasteiger charge is -2.15. The summed E-state index contributed by atoms with van der Waals surface area (Å²) in [4.78, 5) is 0. The highest BCUT2D eigenvalue weighted by molar-refractivity contribution is 5.26. The van der Waals surface area contributed by atoms with E-state index in [1.54, 1.807) is 4.68 Å². The summed E-state index contributed by atoms with van der Waals surface area (Å²) in [6.45, 7) is 2.65. The fourth-order valence-electron chi connectivity index (χ4n) is 2.09. The first-order chi connectivity index (χ1) is 9.86. The highest BCUT2D eigenvalue weighted by atomic mass is 19.4. The Balaban J connectivity index is 1.87. The quantitative estimate of drug-likeness (QED) is 0.917. The first kappa shape index (κ1) is 15.6. The molecule has 0 saturated carbocycles. The molecule has 1 aromatic heterocycles. The van der Waals surface area contributed by atoms with Crippen LogP contribution < -0.4 is 5.32 Å². The van der Waals surface area contributed by atoms with Crippen LogP contribution in [-0.2, 0) is 19.6 Å². The van der Waals surface area contributed by atoms with Crippen LogP contribution in [0.2, 0.25) is 0 Å². The van der Waals surface area contributed by atoms with Crippen molar-refractivity contribution in [1.29, 1.82) is 0 Å². The van der Waals surface area contributed by atoms with Crippen molar-refractivity contribution >= 4 is 0 Å². The van der Waals surface area contributed by atoms with E-state index in [0.717, 1.165) is 36.4 Å². The third kappa shape index (κ3) is 4.32. The molecule has 1 unspecified atom stereocenters. The predicted molar refractivity (Wildman–Crippen MR) is 74.8 cm³/mol. The highest BCUT2D eigenvalue weighted by Crippen LogP contribution is 2.29. The summed E-state index contributed by atoms with van der Waals surface area (Å²) in [5.41, 5.74) is 1.21. The lowest BCUT2D eigenvalue weighted by Crippen LogP contribution is -2.21. The first-order valence-electron chi connectivity index (χ1n) is 6.75. The molecule has 2 aromatic rings. The van der Waals surface area contributed by atoms with Crippen molar-refractivity contribution in [2.75, 3.05) is 6.54 Å². The average Bonchev–Trinajstić information content (AvgIpc) is 2.83. The van der Waals surface area contributed by atoms with E-state index in [0.29, 0.717) is 0 Å². The summed E-state index contributed by atoms with van der Waals surface area (Å²) in [6.07, 6.45) is -1.62. The molecule has 1 aromatic carbocycles. The Hall–Kier alpha value is -1.82. The van der Waals surface area contributed by atoms with Crippen LogP contribution in [0, 0.1) is 0 Å². The molecule has 1 heterocycles. The Morgan fingerprint density at radius 1 is 1.19 bits per heavy atom. The number of halogens is 3. The van der Waals surface area contributed by atoms with Crippen LogP contribution in [0.5, 0.6) is 0 Å². The lowest BCUT2D eigenvalue weighted by molar-refractivity contribution is -0.137. The first-order valence-corrected chi connectivity index (χ1v) is 6.75. The van der Waals surface area contributed by atoms with Gasteiger partial charge in [-0.25, -0.2) is 0 Å². The largest absolute Gasteiger partial charge is 0.416 e. The van der Waals surface area contributed by atoms with Crippen molar-refractivity contribution in [3.05, 3.63) is 53.3 Å². The van der Waals surface area contributed by atoms with Crippen LogP contribution in [0.1, 0.15) is 29.8 Å². The molecule has 0 saturated heterocycles. The molecule has 0 aliphatic heterocycles. The van der Waals surface area contributed by atoms with Gasteiger partial charge in [0.2, 0.25) is 0 Å². The molecule has 1 N–H and O–H groups in total. The molecular formula is C15H18F3N3. The van der Waals surface area contributed by atoms with Crippen molar-refractivity contribution in [2.24, 2.45) is 7.05 Å². The van der Waals surface area contributed by atoms with Gasteiger partial charge in [-0.2, -0.15) is 18.3 Å².